The van der Waals surface area contributed by atoms with Crippen LogP contribution in [0.5, 0.6) is 5.75 Å². The molecule has 2 N–H and O–H groups in total. The zero-order valence-electron chi connectivity index (χ0n) is 20.5. The van der Waals surface area contributed by atoms with E-state index in [9.17, 15) is 17.6 Å². The Balaban J connectivity index is 1.34. The Morgan fingerprint density at radius 3 is 2.61 bits per heavy atom. The predicted octanol–water partition coefficient (Wildman–Crippen LogP) is 2.55. The van der Waals surface area contributed by atoms with Crippen molar-refractivity contribution in [3.05, 3.63) is 52.9 Å². The van der Waals surface area contributed by atoms with Crippen molar-refractivity contribution in [1.82, 2.24) is 14.3 Å². The number of primary amides is 1. The third-order valence-electron chi connectivity index (χ3n) is 6.80. The van der Waals surface area contributed by atoms with Crippen LogP contribution in [0.4, 0.5) is 4.39 Å². The number of nitrogens with two attached hydrogens (primary N) is 1. The fraction of sp³-hybridized carbons (Fsp3) is 0.500. The van der Waals surface area contributed by atoms with Gasteiger partial charge in [0.15, 0.2) is 11.6 Å². The second kappa shape index (κ2) is 10.5. The number of hydrogen-bond donors (Lipinski definition) is 1. The molecule has 10 nitrogen and oxygen atoms in total. The lowest BCUT2D eigenvalue weighted by Crippen LogP contribution is -2.39. The van der Waals surface area contributed by atoms with Crippen LogP contribution in [0.25, 0.3) is 0 Å². The smallest absolute Gasteiger partial charge is 0.267 e. The van der Waals surface area contributed by atoms with Crippen molar-refractivity contribution in [2.45, 2.75) is 56.9 Å². The van der Waals surface area contributed by atoms with Crippen LogP contribution in [0.2, 0.25) is 0 Å². The number of amides is 1. The molecule has 2 heterocycles. The Morgan fingerprint density at radius 1 is 1.22 bits per heavy atom. The summed E-state index contributed by atoms with van der Waals surface area (Å²) in [7, 11) is -0.625. The van der Waals surface area contributed by atoms with E-state index in [0.717, 1.165) is 0 Å². The summed E-state index contributed by atoms with van der Waals surface area (Å²) >= 11 is 0. The molecule has 0 saturated heterocycles. The van der Waals surface area contributed by atoms with Crippen molar-refractivity contribution >= 4 is 21.6 Å². The van der Waals surface area contributed by atoms with Gasteiger partial charge in [-0.25, -0.2) is 27.1 Å². The first kappa shape index (κ1) is 26.0. The van der Waals surface area contributed by atoms with E-state index in [4.69, 9.17) is 15.3 Å². The summed E-state index contributed by atoms with van der Waals surface area (Å²) in [4.78, 5) is 25.6. The molecule has 2 aliphatic rings. The molecule has 0 spiro atoms. The van der Waals surface area contributed by atoms with Gasteiger partial charge in [0.05, 0.1) is 18.1 Å². The highest BCUT2D eigenvalue weighted by molar-refractivity contribution is 7.89. The van der Waals surface area contributed by atoms with E-state index in [-0.39, 0.29) is 30.0 Å². The fourth-order valence-electron chi connectivity index (χ4n) is 4.80. The van der Waals surface area contributed by atoms with Crippen molar-refractivity contribution in [3.8, 4) is 5.75 Å². The van der Waals surface area contributed by atoms with Crippen molar-refractivity contribution < 1.29 is 27.2 Å². The second-order valence-corrected chi connectivity index (χ2v) is 11.6. The highest BCUT2D eigenvalue weighted by atomic mass is 32.2. The molecule has 4 rings (SSSR count). The molecule has 1 aliphatic heterocycles. The Kier molecular flexibility index (Phi) is 7.55. The Labute approximate surface area is 209 Å². The van der Waals surface area contributed by atoms with Crippen molar-refractivity contribution in [2.24, 2.45) is 16.8 Å². The molecule has 1 aromatic carbocycles. The molecule has 194 valence electrons. The maximum atomic E-state index is 13.7. The number of methoxy groups -OCH3 is 1. The Hall–Kier alpha value is -3.12. The SMILES string of the molecule is COc1cc(CN(C)S(=O)(=O)C2CCC(C3CC(c4cc(C(N)=O)nc(C)n4)=NO3)CC2)ccc1F. The molecule has 0 bridgehead atoms. The van der Waals surface area contributed by atoms with Gasteiger partial charge in [0.1, 0.15) is 23.3 Å². The maximum absolute atomic E-state index is 13.7. The number of rotatable bonds is 8. The molecule has 36 heavy (non-hydrogen) atoms. The van der Waals surface area contributed by atoms with Gasteiger partial charge in [0.25, 0.3) is 5.91 Å². The van der Waals surface area contributed by atoms with Gasteiger partial charge in [-0.15, -0.1) is 0 Å². The van der Waals surface area contributed by atoms with Gasteiger partial charge in [-0.2, -0.15) is 0 Å². The van der Waals surface area contributed by atoms with E-state index in [0.29, 0.717) is 54.9 Å². The largest absolute Gasteiger partial charge is 0.494 e. The van der Waals surface area contributed by atoms with Crippen LogP contribution in [0.3, 0.4) is 0 Å². The minimum Gasteiger partial charge on any atom is -0.494 e. The van der Waals surface area contributed by atoms with Gasteiger partial charge in [-0.1, -0.05) is 11.2 Å². The molecule has 2 aromatic rings. The third kappa shape index (κ3) is 5.49. The number of aryl methyl sites for hydroxylation is 1. The standard InChI is InChI=1S/C24H30FN5O5S/c1-14-27-19(11-21(28-14)24(26)31)20-12-22(35-29-20)16-5-7-17(8-6-16)36(32,33)30(2)13-15-4-9-18(25)23(10-15)34-3/h4,9-11,16-17,22H,5-8,12-13H2,1-3H3,(H2,26,31). The van der Waals surface area contributed by atoms with Crippen molar-refractivity contribution in [1.29, 1.82) is 0 Å². The number of sulfonamides is 1. The van der Waals surface area contributed by atoms with Crippen LogP contribution in [0.1, 0.15) is 59.7 Å². The first-order valence-corrected chi connectivity index (χ1v) is 13.2. The summed E-state index contributed by atoms with van der Waals surface area (Å²) in [5.41, 5.74) is 7.26. The maximum Gasteiger partial charge on any atom is 0.267 e. The van der Waals surface area contributed by atoms with E-state index in [1.54, 1.807) is 20.0 Å². The molecule has 1 fully saturated rings. The molecule has 1 saturated carbocycles. The molecule has 1 amide bonds. The van der Waals surface area contributed by atoms with E-state index >= 15 is 0 Å². The summed E-state index contributed by atoms with van der Waals surface area (Å²) in [6.07, 6.45) is 2.73. The molecule has 0 radical (unpaired) electrons. The summed E-state index contributed by atoms with van der Waals surface area (Å²) in [5.74, 6) is -0.473. The van der Waals surface area contributed by atoms with Crippen molar-refractivity contribution in [2.75, 3.05) is 14.2 Å². The van der Waals surface area contributed by atoms with Crippen LogP contribution in [-0.2, 0) is 21.4 Å². The van der Waals surface area contributed by atoms with Gasteiger partial charge in [-0.05, 0) is 62.3 Å². The molecular formula is C24H30FN5O5S. The zero-order chi connectivity index (χ0) is 26.0. The predicted molar refractivity (Wildman–Crippen MR) is 130 cm³/mol. The lowest BCUT2D eigenvalue weighted by molar-refractivity contribution is 0.0270. The number of nitrogens with zero attached hydrogens (tertiary/aromatic N) is 4. The summed E-state index contributed by atoms with van der Waals surface area (Å²) in [5, 5.41) is 3.68. The van der Waals surface area contributed by atoms with Crippen LogP contribution in [-0.4, -0.2) is 59.8 Å². The highest BCUT2D eigenvalue weighted by Gasteiger charge is 2.39. The number of carbonyl (C=O) groups is 1. The molecule has 1 atom stereocenters. The summed E-state index contributed by atoms with van der Waals surface area (Å²) in [6.45, 7) is 1.81. The number of ether oxygens (including phenoxy) is 1. The highest BCUT2D eigenvalue weighted by Crippen LogP contribution is 2.36. The van der Waals surface area contributed by atoms with Crippen LogP contribution < -0.4 is 10.5 Å². The average molecular weight is 520 g/mol. The molecule has 1 unspecified atom stereocenters. The van der Waals surface area contributed by atoms with Crippen LogP contribution in [0, 0.1) is 18.7 Å². The van der Waals surface area contributed by atoms with Crippen molar-refractivity contribution in [3.63, 3.8) is 0 Å². The Morgan fingerprint density at radius 2 is 1.94 bits per heavy atom. The summed E-state index contributed by atoms with van der Waals surface area (Å²) < 4.78 is 46.4. The second-order valence-electron chi connectivity index (χ2n) is 9.24. The van der Waals surface area contributed by atoms with Gasteiger partial charge >= 0.3 is 0 Å². The molecule has 1 aliphatic carbocycles. The first-order valence-electron chi connectivity index (χ1n) is 11.7. The van der Waals surface area contributed by atoms with Gasteiger partial charge < -0.3 is 15.3 Å². The van der Waals surface area contributed by atoms with E-state index < -0.39 is 27.0 Å². The lowest BCUT2D eigenvalue weighted by Gasteiger charge is -2.32. The number of halogens is 1. The third-order valence-corrected chi connectivity index (χ3v) is 9.11. The average Bonchev–Trinajstić information content (AvgIpc) is 3.35. The fourth-order valence-corrected chi connectivity index (χ4v) is 6.51. The Bertz CT molecular complexity index is 1280. The van der Waals surface area contributed by atoms with E-state index in [2.05, 4.69) is 15.1 Å². The number of oxime groups is 1. The lowest BCUT2D eigenvalue weighted by atomic mass is 9.83. The zero-order valence-corrected chi connectivity index (χ0v) is 21.3. The van der Waals surface area contributed by atoms with E-state index in [1.165, 1.54) is 29.6 Å². The quantitative estimate of drug-likeness (QED) is 0.566. The van der Waals surface area contributed by atoms with Crippen LogP contribution in [0.15, 0.2) is 29.4 Å². The number of hydrogen-bond acceptors (Lipinski definition) is 8. The minimum absolute atomic E-state index is 0.0833. The number of aromatic nitrogens is 2. The van der Waals surface area contributed by atoms with Gasteiger partial charge in [0, 0.05) is 20.0 Å². The van der Waals surface area contributed by atoms with E-state index in [1.807, 2.05) is 0 Å². The normalized spacial score (nSPS) is 22.2. The molecule has 12 heteroatoms. The van der Waals surface area contributed by atoms with Gasteiger partial charge in [-0.3, -0.25) is 4.79 Å². The number of benzene rings is 1. The monoisotopic (exact) mass is 519 g/mol. The first-order chi connectivity index (χ1) is 17.1. The summed E-state index contributed by atoms with van der Waals surface area (Å²) in [6, 6.07) is 5.85. The number of carbonyl (C=O) groups excluding carboxylic acids is 1. The molecular weight excluding hydrogens is 489 g/mol. The minimum atomic E-state index is -3.54. The topological polar surface area (TPSA) is 137 Å². The molecule has 1 aromatic heterocycles. The van der Waals surface area contributed by atoms with Gasteiger partial charge in [0.2, 0.25) is 10.0 Å². The van der Waals surface area contributed by atoms with Crippen LogP contribution >= 0.6 is 0 Å².